The Labute approximate surface area is 277 Å². The quantitative estimate of drug-likeness (QED) is 0.192. The molecule has 0 N–H and O–H groups in total. The molecule has 0 radical (unpaired) electrons. The van der Waals surface area contributed by atoms with Crippen molar-refractivity contribution in [1.29, 1.82) is 0 Å². The van der Waals surface area contributed by atoms with Crippen molar-refractivity contribution in [1.82, 2.24) is 9.88 Å². The second kappa shape index (κ2) is 12.5. The molecule has 2 aliphatic heterocycles. The molecule has 5 rings (SSSR count). The van der Waals surface area contributed by atoms with Crippen LogP contribution in [-0.4, -0.2) is 74.8 Å². The minimum Gasteiger partial charge on any atom is -0.465 e. The molecule has 1 saturated heterocycles. The van der Waals surface area contributed by atoms with Crippen molar-refractivity contribution in [3.63, 3.8) is 0 Å². The van der Waals surface area contributed by atoms with Crippen LogP contribution in [0.15, 0.2) is 30.5 Å². The summed E-state index contributed by atoms with van der Waals surface area (Å²) in [6.07, 6.45) is 4.14. The number of amides is 1. The number of hydrogen-bond donors (Lipinski definition) is 0. The lowest BCUT2D eigenvalue weighted by molar-refractivity contribution is 0.0180. The summed E-state index contributed by atoms with van der Waals surface area (Å²) in [5.74, 6) is -0.377. The Kier molecular flexibility index (Phi) is 9.36. The van der Waals surface area contributed by atoms with E-state index in [1.54, 1.807) is 12.3 Å². The van der Waals surface area contributed by atoms with Gasteiger partial charge in [0, 0.05) is 47.2 Å². The van der Waals surface area contributed by atoms with Crippen LogP contribution in [0.3, 0.4) is 0 Å². The first-order valence-corrected chi connectivity index (χ1v) is 19.8. The summed E-state index contributed by atoms with van der Waals surface area (Å²) in [4.78, 5) is 35.4. The van der Waals surface area contributed by atoms with Crippen molar-refractivity contribution in [3.8, 4) is 11.1 Å². The van der Waals surface area contributed by atoms with Crippen molar-refractivity contribution >= 4 is 59.2 Å². The maximum Gasteiger partial charge on any atom is 0.410 e. The second-order valence-corrected chi connectivity index (χ2v) is 21.0. The molecular formula is C34H46ClN3O5SSi. The van der Waals surface area contributed by atoms with Gasteiger partial charge >= 0.3 is 12.1 Å². The Morgan fingerprint density at radius 1 is 1.11 bits per heavy atom. The van der Waals surface area contributed by atoms with Crippen molar-refractivity contribution in [3.05, 3.63) is 45.9 Å². The van der Waals surface area contributed by atoms with Gasteiger partial charge in [-0.15, -0.1) is 11.3 Å². The number of hydrogen-bond acceptors (Lipinski definition) is 8. The fourth-order valence-electron chi connectivity index (χ4n) is 6.00. The summed E-state index contributed by atoms with van der Waals surface area (Å²) < 4.78 is 18.5. The number of carbonyl (C=O) groups is 2. The minimum absolute atomic E-state index is 0.0626. The first kappa shape index (κ1) is 33.7. The largest absolute Gasteiger partial charge is 0.465 e. The van der Waals surface area contributed by atoms with Gasteiger partial charge in [0.1, 0.15) is 10.5 Å². The van der Waals surface area contributed by atoms with Crippen LogP contribution in [0.1, 0.15) is 69.6 Å². The molecule has 1 fully saturated rings. The van der Waals surface area contributed by atoms with Gasteiger partial charge in [-0.2, -0.15) is 0 Å². The molecule has 2 aromatic heterocycles. The molecule has 11 heteroatoms. The van der Waals surface area contributed by atoms with Crippen LogP contribution in [0, 0.1) is 0 Å². The average molecular weight is 672 g/mol. The summed E-state index contributed by atoms with van der Waals surface area (Å²) in [5, 5.41) is 0.732. The number of fused-ring (bicyclic) bond motifs is 2. The molecule has 1 amide bonds. The van der Waals surface area contributed by atoms with E-state index in [0.29, 0.717) is 23.1 Å². The number of likely N-dealkylation sites (tertiary alicyclic amines) is 1. The summed E-state index contributed by atoms with van der Waals surface area (Å²) in [6, 6.07) is 7.83. The first-order valence-electron chi connectivity index (χ1n) is 15.7. The smallest absolute Gasteiger partial charge is 0.410 e. The monoisotopic (exact) mass is 671 g/mol. The summed E-state index contributed by atoms with van der Waals surface area (Å²) in [7, 11) is -0.654. The molecule has 1 aromatic carbocycles. The number of nitrogens with zero attached hydrogens (tertiary/aromatic N) is 3. The fourth-order valence-corrected chi connectivity index (χ4v) is 8.34. The van der Waals surface area contributed by atoms with E-state index in [1.807, 2.05) is 37.8 Å². The highest BCUT2D eigenvalue weighted by Gasteiger charge is 2.44. The Morgan fingerprint density at radius 3 is 2.51 bits per heavy atom. The topological polar surface area (TPSA) is 81.2 Å². The Bertz CT molecular complexity index is 1590. The van der Waals surface area contributed by atoms with Crippen molar-refractivity contribution in [2.45, 2.75) is 96.6 Å². The highest BCUT2D eigenvalue weighted by atomic mass is 35.5. The molecule has 8 nitrogen and oxygen atoms in total. The van der Waals surface area contributed by atoms with Gasteiger partial charge in [0.25, 0.3) is 0 Å². The second-order valence-electron chi connectivity index (χ2n) is 14.7. The molecule has 0 unspecified atom stereocenters. The number of esters is 1. The minimum atomic E-state index is -2.04. The predicted molar refractivity (Wildman–Crippen MR) is 185 cm³/mol. The van der Waals surface area contributed by atoms with Gasteiger partial charge in [-0.1, -0.05) is 32.4 Å². The maximum atomic E-state index is 13.6. The number of anilines is 1. The van der Waals surface area contributed by atoms with E-state index in [1.165, 1.54) is 24.0 Å². The van der Waals surface area contributed by atoms with Gasteiger partial charge in [0.2, 0.25) is 0 Å². The van der Waals surface area contributed by atoms with E-state index < -0.39 is 13.9 Å². The number of thiophene rings is 1. The number of ether oxygens (including phenoxy) is 2. The highest BCUT2D eigenvalue weighted by Crippen LogP contribution is 2.46. The van der Waals surface area contributed by atoms with Gasteiger partial charge in [0.15, 0.2) is 8.32 Å². The third-order valence-corrected chi connectivity index (χ3v) is 15.1. The number of halogens is 1. The van der Waals surface area contributed by atoms with Crippen LogP contribution < -0.4 is 4.90 Å². The molecule has 0 spiro atoms. The molecule has 45 heavy (non-hydrogen) atoms. The summed E-state index contributed by atoms with van der Waals surface area (Å²) in [6.45, 7) is 18.8. The molecule has 2 aliphatic rings. The van der Waals surface area contributed by atoms with Crippen LogP contribution >= 0.6 is 22.9 Å². The van der Waals surface area contributed by atoms with Gasteiger partial charge in [-0.25, -0.2) is 9.59 Å². The highest BCUT2D eigenvalue weighted by molar-refractivity contribution is 7.21. The van der Waals surface area contributed by atoms with Crippen molar-refractivity contribution < 1.29 is 23.5 Å². The lowest BCUT2D eigenvalue weighted by atomic mass is 9.92. The predicted octanol–water partition coefficient (Wildman–Crippen LogP) is 8.56. The maximum absolute atomic E-state index is 13.6. The number of aromatic nitrogens is 1. The first-order chi connectivity index (χ1) is 21.0. The molecule has 0 aliphatic carbocycles. The lowest BCUT2D eigenvalue weighted by Gasteiger charge is -2.38. The van der Waals surface area contributed by atoms with Crippen LogP contribution in [-0.2, 0) is 20.3 Å². The van der Waals surface area contributed by atoms with E-state index >= 15 is 0 Å². The van der Waals surface area contributed by atoms with E-state index in [0.717, 1.165) is 52.8 Å². The standard InChI is InChI=1S/C34H46ClN3O5SSi/c1-33(2,3)43-32(40)38-19-23(17-24(38)20-42-45(8,9)34(4,5)6)37-14-10-11-21-15-22(35)16-26(29(21)37)25-12-13-36-27-18-28(31(39)41-7)44-30(25)27/h12-13,15-16,18,23-24H,10-11,14,17,19-20H2,1-9H3/t23-,24-/m0/s1. The van der Waals surface area contributed by atoms with E-state index in [4.69, 9.17) is 25.5 Å². The zero-order valence-corrected chi connectivity index (χ0v) is 30.5. The Morgan fingerprint density at radius 2 is 1.84 bits per heavy atom. The van der Waals surface area contributed by atoms with E-state index in [9.17, 15) is 9.59 Å². The fraction of sp³-hybridized carbons (Fsp3) is 0.559. The number of carbonyl (C=O) groups excluding carboxylic acids is 2. The zero-order chi connectivity index (χ0) is 32.9. The van der Waals surface area contributed by atoms with Crippen LogP contribution in [0.25, 0.3) is 21.3 Å². The molecule has 3 aromatic rings. The number of rotatable bonds is 6. The van der Waals surface area contributed by atoms with E-state index in [-0.39, 0.29) is 29.2 Å². The van der Waals surface area contributed by atoms with Gasteiger partial charge < -0.3 is 23.7 Å². The van der Waals surface area contributed by atoms with Crippen LogP contribution in [0.5, 0.6) is 0 Å². The van der Waals surface area contributed by atoms with Gasteiger partial charge in [0.05, 0.1) is 30.0 Å². The SMILES string of the molecule is COC(=O)c1cc2nccc(-c3cc(Cl)cc4c3N([C@H]3C[C@@H](CO[Si](C)(C)C(C)(C)C)N(C(=O)OC(C)(C)C)C3)CCC4)c2s1. The van der Waals surface area contributed by atoms with Gasteiger partial charge in [-0.05, 0) is 88.0 Å². The van der Waals surface area contributed by atoms with Crippen LogP contribution in [0.4, 0.5) is 10.5 Å². The number of methoxy groups -OCH3 is 1. The summed E-state index contributed by atoms with van der Waals surface area (Å²) in [5.41, 5.74) is 4.44. The molecule has 4 heterocycles. The lowest BCUT2D eigenvalue weighted by Crippen LogP contribution is -2.47. The Hall–Kier alpha value is -2.66. The summed E-state index contributed by atoms with van der Waals surface area (Å²) >= 11 is 8.13. The Balaban J connectivity index is 1.54. The third-order valence-electron chi connectivity index (χ3n) is 9.28. The van der Waals surface area contributed by atoms with Crippen LogP contribution in [0.2, 0.25) is 23.2 Å². The number of benzene rings is 1. The average Bonchev–Trinajstić information content (AvgIpc) is 3.58. The number of pyridine rings is 1. The zero-order valence-electron chi connectivity index (χ0n) is 28.0. The molecule has 244 valence electrons. The van der Waals surface area contributed by atoms with E-state index in [2.05, 4.69) is 49.8 Å². The number of aryl methyl sites for hydroxylation is 1. The molecule has 2 atom stereocenters. The molecular weight excluding hydrogens is 626 g/mol. The van der Waals surface area contributed by atoms with Crippen molar-refractivity contribution in [2.24, 2.45) is 0 Å². The van der Waals surface area contributed by atoms with Gasteiger partial charge in [-0.3, -0.25) is 4.98 Å². The molecule has 0 saturated carbocycles. The normalized spacial score (nSPS) is 19.2. The molecule has 0 bridgehead atoms. The van der Waals surface area contributed by atoms with Crippen molar-refractivity contribution in [2.75, 3.05) is 31.7 Å². The third kappa shape index (κ3) is 7.04.